The van der Waals surface area contributed by atoms with Crippen molar-refractivity contribution in [3.63, 3.8) is 0 Å². The van der Waals surface area contributed by atoms with Crippen LogP contribution in [0.15, 0.2) is 48.5 Å². The van der Waals surface area contributed by atoms with Gasteiger partial charge in [0.15, 0.2) is 0 Å². The summed E-state index contributed by atoms with van der Waals surface area (Å²) in [5.41, 5.74) is 2.11. The third kappa shape index (κ3) is 5.34. The number of amides is 1. The Morgan fingerprint density at radius 2 is 1.55 bits per heavy atom. The highest BCUT2D eigenvalue weighted by Gasteiger charge is 2.07. The molecule has 1 amide bonds. The number of nitrogens with one attached hydrogen (secondary N) is 2. The van der Waals surface area contributed by atoms with Crippen molar-refractivity contribution in [1.29, 1.82) is 0 Å². The summed E-state index contributed by atoms with van der Waals surface area (Å²) in [5.74, 6) is -0.0456. The molecule has 0 aliphatic heterocycles. The molecule has 1 atom stereocenters. The fourth-order valence-corrected chi connectivity index (χ4v) is 2.23. The predicted molar refractivity (Wildman–Crippen MR) is 91.2 cm³/mol. The zero-order valence-corrected chi connectivity index (χ0v) is 13.8. The van der Waals surface area contributed by atoms with Gasteiger partial charge in [-0.1, -0.05) is 47.5 Å². The van der Waals surface area contributed by atoms with Crippen LogP contribution in [0.5, 0.6) is 0 Å². The van der Waals surface area contributed by atoms with E-state index in [9.17, 15) is 4.79 Å². The molecule has 2 aromatic carbocycles. The first-order chi connectivity index (χ1) is 10.5. The maximum atomic E-state index is 11.9. The van der Waals surface area contributed by atoms with Gasteiger partial charge in [-0.25, -0.2) is 0 Å². The van der Waals surface area contributed by atoms with Crippen molar-refractivity contribution in [2.45, 2.75) is 19.5 Å². The van der Waals surface area contributed by atoms with Gasteiger partial charge in [-0.2, -0.15) is 0 Å². The Hall–Kier alpha value is -1.55. The minimum absolute atomic E-state index is 0.0456. The van der Waals surface area contributed by atoms with Gasteiger partial charge in [0.05, 0.1) is 6.54 Å². The number of halogens is 2. The normalized spacial score (nSPS) is 12.0. The molecule has 0 aliphatic carbocycles. The van der Waals surface area contributed by atoms with Crippen LogP contribution in [-0.2, 0) is 11.3 Å². The summed E-state index contributed by atoms with van der Waals surface area (Å²) in [6.45, 7) is 2.76. The summed E-state index contributed by atoms with van der Waals surface area (Å²) in [7, 11) is 0. The van der Waals surface area contributed by atoms with Crippen molar-refractivity contribution in [3.05, 3.63) is 69.7 Å². The van der Waals surface area contributed by atoms with Crippen molar-refractivity contribution in [2.24, 2.45) is 0 Å². The van der Waals surface area contributed by atoms with Crippen LogP contribution in [0.4, 0.5) is 0 Å². The highest BCUT2D eigenvalue weighted by molar-refractivity contribution is 6.30. The maximum absolute atomic E-state index is 11.9. The molecule has 2 N–H and O–H groups in total. The molecular weight excluding hydrogens is 319 g/mol. The molecule has 0 unspecified atom stereocenters. The molecule has 2 rings (SSSR count). The lowest BCUT2D eigenvalue weighted by atomic mass is 10.1. The van der Waals surface area contributed by atoms with Gasteiger partial charge in [0, 0.05) is 22.6 Å². The SMILES string of the molecule is C[C@@H](NCC(=O)NCc1ccc(Cl)cc1)c1ccc(Cl)cc1. The van der Waals surface area contributed by atoms with Crippen LogP contribution < -0.4 is 10.6 Å². The van der Waals surface area contributed by atoms with E-state index in [0.717, 1.165) is 11.1 Å². The van der Waals surface area contributed by atoms with E-state index in [-0.39, 0.29) is 18.5 Å². The third-order valence-electron chi connectivity index (χ3n) is 3.34. The molecule has 0 saturated carbocycles. The second-order valence-corrected chi connectivity index (χ2v) is 5.93. The first kappa shape index (κ1) is 16.8. The molecule has 116 valence electrons. The van der Waals surface area contributed by atoms with E-state index in [4.69, 9.17) is 23.2 Å². The highest BCUT2D eigenvalue weighted by Crippen LogP contribution is 2.15. The second kappa shape index (κ2) is 8.18. The van der Waals surface area contributed by atoms with Crippen LogP contribution in [0.2, 0.25) is 10.0 Å². The Balaban J connectivity index is 1.75. The molecule has 0 aromatic heterocycles. The molecule has 0 heterocycles. The second-order valence-electron chi connectivity index (χ2n) is 5.06. The average molecular weight is 337 g/mol. The number of benzene rings is 2. The molecule has 3 nitrogen and oxygen atoms in total. The topological polar surface area (TPSA) is 41.1 Å². The van der Waals surface area contributed by atoms with Gasteiger partial charge in [0.1, 0.15) is 0 Å². The van der Waals surface area contributed by atoms with Crippen LogP contribution in [0.25, 0.3) is 0 Å². The number of rotatable bonds is 6. The van der Waals surface area contributed by atoms with E-state index in [1.807, 2.05) is 55.5 Å². The molecule has 2 aromatic rings. The van der Waals surface area contributed by atoms with Crippen LogP contribution in [-0.4, -0.2) is 12.5 Å². The predicted octanol–water partition coefficient (Wildman–Crippen LogP) is 3.96. The van der Waals surface area contributed by atoms with Crippen molar-refractivity contribution >= 4 is 29.1 Å². The molecule has 0 radical (unpaired) electrons. The lowest BCUT2D eigenvalue weighted by Crippen LogP contribution is -2.34. The van der Waals surface area contributed by atoms with Gasteiger partial charge in [-0.05, 0) is 42.3 Å². The summed E-state index contributed by atoms with van der Waals surface area (Å²) in [5, 5.41) is 7.45. The molecule has 0 saturated heterocycles. The Kier molecular flexibility index (Phi) is 6.25. The van der Waals surface area contributed by atoms with Crippen molar-refractivity contribution < 1.29 is 4.79 Å². The summed E-state index contributed by atoms with van der Waals surface area (Å²) >= 11 is 11.7. The quantitative estimate of drug-likeness (QED) is 0.838. The lowest BCUT2D eigenvalue weighted by molar-refractivity contribution is -0.120. The van der Waals surface area contributed by atoms with E-state index in [1.165, 1.54) is 0 Å². The van der Waals surface area contributed by atoms with Crippen molar-refractivity contribution in [1.82, 2.24) is 10.6 Å². The van der Waals surface area contributed by atoms with Crippen LogP contribution in [0, 0.1) is 0 Å². The van der Waals surface area contributed by atoms with E-state index < -0.39 is 0 Å². The molecular formula is C17H18Cl2N2O. The zero-order valence-electron chi connectivity index (χ0n) is 12.3. The molecule has 0 bridgehead atoms. The largest absolute Gasteiger partial charge is 0.351 e. The molecule has 5 heteroatoms. The summed E-state index contributed by atoms with van der Waals surface area (Å²) in [6.07, 6.45) is 0. The van der Waals surface area contributed by atoms with Crippen LogP contribution in [0.1, 0.15) is 24.1 Å². The lowest BCUT2D eigenvalue weighted by Gasteiger charge is -2.14. The maximum Gasteiger partial charge on any atom is 0.234 e. The average Bonchev–Trinajstić information content (AvgIpc) is 2.52. The van der Waals surface area contributed by atoms with E-state index in [0.29, 0.717) is 16.6 Å². The van der Waals surface area contributed by atoms with Crippen molar-refractivity contribution in [2.75, 3.05) is 6.54 Å². The minimum Gasteiger partial charge on any atom is -0.351 e. The van der Waals surface area contributed by atoms with Gasteiger partial charge >= 0.3 is 0 Å². The number of hydrogen-bond acceptors (Lipinski definition) is 2. The van der Waals surface area contributed by atoms with Gasteiger partial charge in [-0.15, -0.1) is 0 Å². The smallest absolute Gasteiger partial charge is 0.234 e. The molecule has 22 heavy (non-hydrogen) atoms. The zero-order chi connectivity index (χ0) is 15.9. The summed E-state index contributed by atoms with van der Waals surface area (Å²) in [4.78, 5) is 11.9. The Morgan fingerprint density at radius 1 is 1.00 bits per heavy atom. The van der Waals surface area contributed by atoms with Gasteiger partial charge < -0.3 is 10.6 Å². The van der Waals surface area contributed by atoms with E-state index >= 15 is 0 Å². The summed E-state index contributed by atoms with van der Waals surface area (Å²) < 4.78 is 0. The fraction of sp³-hybridized carbons (Fsp3) is 0.235. The van der Waals surface area contributed by atoms with Gasteiger partial charge in [0.25, 0.3) is 0 Å². The van der Waals surface area contributed by atoms with Crippen LogP contribution >= 0.6 is 23.2 Å². The Labute approximate surface area is 140 Å². The number of carbonyl (C=O) groups is 1. The summed E-state index contributed by atoms with van der Waals surface area (Å²) in [6, 6.07) is 15.1. The first-order valence-electron chi connectivity index (χ1n) is 7.04. The standard InChI is InChI=1S/C17H18Cl2N2O/c1-12(14-4-8-16(19)9-5-14)20-11-17(22)21-10-13-2-6-15(18)7-3-13/h2-9,12,20H,10-11H2,1H3,(H,21,22)/t12-/m1/s1. The number of carbonyl (C=O) groups excluding carboxylic acids is 1. The molecule has 0 aliphatic rings. The molecule has 0 fully saturated rings. The highest BCUT2D eigenvalue weighted by atomic mass is 35.5. The first-order valence-corrected chi connectivity index (χ1v) is 7.80. The Bertz CT molecular complexity index is 612. The molecule has 0 spiro atoms. The monoisotopic (exact) mass is 336 g/mol. The van der Waals surface area contributed by atoms with Crippen LogP contribution in [0.3, 0.4) is 0 Å². The Morgan fingerprint density at radius 3 is 2.14 bits per heavy atom. The third-order valence-corrected chi connectivity index (χ3v) is 3.85. The van der Waals surface area contributed by atoms with Gasteiger partial charge in [-0.3, -0.25) is 4.79 Å². The fourth-order valence-electron chi connectivity index (χ4n) is 1.98. The van der Waals surface area contributed by atoms with Gasteiger partial charge in [0.2, 0.25) is 5.91 Å². The van der Waals surface area contributed by atoms with E-state index in [2.05, 4.69) is 10.6 Å². The number of hydrogen-bond donors (Lipinski definition) is 2. The van der Waals surface area contributed by atoms with E-state index in [1.54, 1.807) is 0 Å². The minimum atomic E-state index is -0.0456. The van der Waals surface area contributed by atoms with Crippen molar-refractivity contribution in [3.8, 4) is 0 Å².